The second-order valence-corrected chi connectivity index (χ2v) is 5.89. The minimum atomic E-state index is 0.858. The zero-order chi connectivity index (χ0) is 15.0. The van der Waals surface area contributed by atoms with Crippen molar-refractivity contribution in [1.29, 1.82) is 0 Å². The molecule has 0 atom stereocenters. The molecule has 0 radical (unpaired) electrons. The zero-order valence-corrected chi connectivity index (χ0v) is 14.1. The Labute approximate surface area is 129 Å². The Morgan fingerprint density at radius 1 is 1.00 bits per heavy atom. The van der Waals surface area contributed by atoms with Crippen molar-refractivity contribution in [3.63, 3.8) is 0 Å². The van der Waals surface area contributed by atoms with Gasteiger partial charge in [-0.25, -0.2) is 0 Å². The lowest BCUT2D eigenvalue weighted by Gasteiger charge is -2.26. The molecular weight excluding hydrogens is 264 g/mol. The third-order valence-corrected chi connectivity index (χ3v) is 3.68. The van der Waals surface area contributed by atoms with Crippen molar-refractivity contribution in [3.8, 4) is 0 Å². The van der Waals surface area contributed by atoms with Crippen molar-refractivity contribution in [2.45, 2.75) is 53.4 Å². The van der Waals surface area contributed by atoms with Crippen LogP contribution in [-0.4, -0.2) is 23.1 Å². The van der Waals surface area contributed by atoms with Crippen LogP contribution in [0.4, 0.5) is 5.69 Å². The highest BCUT2D eigenvalue weighted by Crippen LogP contribution is 2.15. The summed E-state index contributed by atoms with van der Waals surface area (Å²) in [5, 5.41) is 4.26. The van der Waals surface area contributed by atoms with Crippen molar-refractivity contribution >= 4 is 23.0 Å². The zero-order valence-electron chi connectivity index (χ0n) is 13.3. The molecule has 0 fully saturated rings. The Balaban J connectivity index is 2.68. The van der Waals surface area contributed by atoms with E-state index < -0.39 is 0 Å². The molecule has 2 nitrogen and oxygen atoms in total. The summed E-state index contributed by atoms with van der Waals surface area (Å²) < 4.78 is 0. The molecule has 0 aliphatic rings. The van der Waals surface area contributed by atoms with Crippen LogP contribution in [-0.2, 0) is 0 Å². The molecule has 0 aliphatic carbocycles. The van der Waals surface area contributed by atoms with E-state index in [0.717, 1.165) is 23.9 Å². The fourth-order valence-electron chi connectivity index (χ4n) is 2.26. The number of aryl methyl sites for hydroxylation is 2. The van der Waals surface area contributed by atoms with E-state index in [0.29, 0.717) is 0 Å². The van der Waals surface area contributed by atoms with E-state index in [1.54, 1.807) is 0 Å². The van der Waals surface area contributed by atoms with Crippen LogP contribution in [0.15, 0.2) is 18.2 Å². The van der Waals surface area contributed by atoms with Gasteiger partial charge < -0.3 is 10.2 Å². The summed E-state index contributed by atoms with van der Waals surface area (Å²) in [5.41, 5.74) is 3.64. The highest BCUT2D eigenvalue weighted by atomic mass is 32.1. The van der Waals surface area contributed by atoms with Gasteiger partial charge in [0, 0.05) is 18.8 Å². The van der Waals surface area contributed by atoms with Crippen molar-refractivity contribution in [3.05, 3.63) is 29.3 Å². The van der Waals surface area contributed by atoms with E-state index in [1.165, 1.54) is 36.8 Å². The van der Waals surface area contributed by atoms with E-state index >= 15 is 0 Å². The standard InChI is InChI=1S/C17H28N2S/c1-5-7-9-19(10-8-6-2)17(20)18-16-12-14(3)11-15(4)13-16/h11-13H,5-10H2,1-4H3,(H,18,20). The molecule has 0 aromatic heterocycles. The first-order valence-corrected chi connectivity index (χ1v) is 8.11. The summed E-state index contributed by atoms with van der Waals surface area (Å²) in [6.07, 6.45) is 4.79. The molecule has 0 aliphatic heterocycles. The molecule has 0 amide bonds. The number of nitrogens with one attached hydrogen (secondary N) is 1. The fourth-order valence-corrected chi connectivity index (χ4v) is 2.56. The lowest BCUT2D eigenvalue weighted by molar-refractivity contribution is 0.403. The van der Waals surface area contributed by atoms with Gasteiger partial charge in [-0.1, -0.05) is 32.8 Å². The van der Waals surface area contributed by atoms with Crippen LogP contribution in [0.3, 0.4) is 0 Å². The third-order valence-electron chi connectivity index (χ3n) is 3.32. The summed E-state index contributed by atoms with van der Waals surface area (Å²) in [6, 6.07) is 6.48. The second kappa shape index (κ2) is 8.96. The van der Waals surface area contributed by atoms with Gasteiger partial charge in [0.15, 0.2) is 5.11 Å². The van der Waals surface area contributed by atoms with E-state index in [1.807, 2.05) is 0 Å². The predicted molar refractivity (Wildman–Crippen MR) is 93.5 cm³/mol. The van der Waals surface area contributed by atoms with E-state index in [2.05, 4.69) is 56.1 Å². The number of nitrogens with zero attached hydrogens (tertiary/aromatic N) is 1. The molecule has 112 valence electrons. The molecular formula is C17H28N2S. The van der Waals surface area contributed by atoms with Gasteiger partial charge in [-0.2, -0.15) is 0 Å². The predicted octanol–water partition coefficient (Wildman–Crippen LogP) is 4.90. The van der Waals surface area contributed by atoms with E-state index in [-0.39, 0.29) is 0 Å². The molecule has 0 saturated carbocycles. The van der Waals surface area contributed by atoms with Gasteiger partial charge in [-0.3, -0.25) is 0 Å². The number of hydrogen-bond donors (Lipinski definition) is 1. The van der Waals surface area contributed by atoms with Crippen molar-refractivity contribution in [2.24, 2.45) is 0 Å². The SMILES string of the molecule is CCCCN(CCCC)C(=S)Nc1cc(C)cc(C)c1. The summed E-state index contributed by atoms with van der Waals surface area (Å²) in [5.74, 6) is 0. The summed E-state index contributed by atoms with van der Waals surface area (Å²) in [6.45, 7) is 10.8. The van der Waals surface area contributed by atoms with Crippen LogP contribution in [0.1, 0.15) is 50.7 Å². The number of unbranched alkanes of at least 4 members (excludes halogenated alkanes) is 2. The average Bonchev–Trinajstić information content (AvgIpc) is 2.37. The molecule has 0 spiro atoms. The number of rotatable bonds is 7. The van der Waals surface area contributed by atoms with Crippen molar-refractivity contribution in [1.82, 2.24) is 4.90 Å². The van der Waals surface area contributed by atoms with Crippen molar-refractivity contribution in [2.75, 3.05) is 18.4 Å². The number of thiocarbonyl (C=S) groups is 1. The van der Waals surface area contributed by atoms with Crippen LogP contribution in [0.5, 0.6) is 0 Å². The first-order valence-electron chi connectivity index (χ1n) is 7.71. The Bertz CT molecular complexity index is 401. The van der Waals surface area contributed by atoms with E-state index in [9.17, 15) is 0 Å². The normalized spacial score (nSPS) is 10.4. The Hall–Kier alpha value is -1.09. The summed E-state index contributed by atoms with van der Waals surface area (Å²) >= 11 is 5.59. The van der Waals surface area contributed by atoms with Gasteiger partial charge in [-0.15, -0.1) is 0 Å². The summed E-state index contributed by atoms with van der Waals surface area (Å²) in [4.78, 5) is 2.31. The van der Waals surface area contributed by atoms with Crippen LogP contribution >= 0.6 is 12.2 Å². The number of hydrogen-bond acceptors (Lipinski definition) is 1. The van der Waals surface area contributed by atoms with Gasteiger partial charge in [-0.05, 0) is 62.2 Å². The monoisotopic (exact) mass is 292 g/mol. The number of anilines is 1. The highest BCUT2D eigenvalue weighted by molar-refractivity contribution is 7.80. The highest BCUT2D eigenvalue weighted by Gasteiger charge is 2.09. The van der Waals surface area contributed by atoms with Crippen LogP contribution in [0.2, 0.25) is 0 Å². The molecule has 1 aromatic carbocycles. The largest absolute Gasteiger partial charge is 0.349 e. The maximum atomic E-state index is 5.59. The Kier molecular flexibility index (Phi) is 7.60. The lowest BCUT2D eigenvalue weighted by atomic mass is 10.1. The lowest BCUT2D eigenvalue weighted by Crippen LogP contribution is -2.36. The average molecular weight is 292 g/mol. The molecule has 1 aromatic rings. The van der Waals surface area contributed by atoms with Gasteiger partial charge in [0.25, 0.3) is 0 Å². The second-order valence-electron chi connectivity index (χ2n) is 5.50. The fraction of sp³-hybridized carbons (Fsp3) is 0.588. The first-order chi connectivity index (χ1) is 9.56. The quantitative estimate of drug-likeness (QED) is 0.719. The molecule has 0 heterocycles. The van der Waals surface area contributed by atoms with Gasteiger partial charge in [0.2, 0.25) is 0 Å². The minimum absolute atomic E-state index is 0.858. The topological polar surface area (TPSA) is 15.3 Å². The van der Waals surface area contributed by atoms with Crippen LogP contribution < -0.4 is 5.32 Å². The summed E-state index contributed by atoms with van der Waals surface area (Å²) in [7, 11) is 0. The number of benzene rings is 1. The molecule has 0 saturated heterocycles. The molecule has 3 heteroatoms. The maximum absolute atomic E-state index is 5.59. The van der Waals surface area contributed by atoms with Crippen LogP contribution in [0.25, 0.3) is 0 Å². The molecule has 0 bridgehead atoms. The Morgan fingerprint density at radius 3 is 1.95 bits per heavy atom. The Morgan fingerprint density at radius 2 is 1.50 bits per heavy atom. The molecule has 0 unspecified atom stereocenters. The smallest absolute Gasteiger partial charge is 0.173 e. The maximum Gasteiger partial charge on any atom is 0.173 e. The third kappa shape index (κ3) is 5.91. The molecule has 1 rings (SSSR count). The van der Waals surface area contributed by atoms with Gasteiger partial charge in [0.05, 0.1) is 0 Å². The van der Waals surface area contributed by atoms with E-state index in [4.69, 9.17) is 12.2 Å². The molecule has 1 N–H and O–H groups in total. The van der Waals surface area contributed by atoms with Gasteiger partial charge >= 0.3 is 0 Å². The molecule has 20 heavy (non-hydrogen) atoms. The van der Waals surface area contributed by atoms with Crippen LogP contribution in [0, 0.1) is 13.8 Å². The van der Waals surface area contributed by atoms with Crippen molar-refractivity contribution < 1.29 is 0 Å². The minimum Gasteiger partial charge on any atom is -0.349 e. The van der Waals surface area contributed by atoms with Gasteiger partial charge in [0.1, 0.15) is 0 Å². The first kappa shape index (κ1) is 17.0.